The van der Waals surface area contributed by atoms with Crippen LogP contribution in [-0.2, 0) is 14.3 Å². The molecule has 0 spiro atoms. The van der Waals surface area contributed by atoms with Gasteiger partial charge in [0.05, 0.1) is 0 Å². The molecule has 4 rings (SSSR count). The molecular formula is C25H22N2O2S. The summed E-state index contributed by atoms with van der Waals surface area (Å²) < 4.78 is -0.947. The van der Waals surface area contributed by atoms with Gasteiger partial charge in [-0.1, -0.05) is 61.2 Å². The Kier molecular flexibility index (Phi) is 5.46. The van der Waals surface area contributed by atoms with Crippen LogP contribution in [0.25, 0.3) is 0 Å². The second-order valence-corrected chi connectivity index (χ2v) is 8.60. The zero-order valence-electron chi connectivity index (χ0n) is 16.7. The number of para-hydroxylation sites is 2. The highest BCUT2D eigenvalue weighted by Crippen LogP contribution is 2.54. The zero-order valence-corrected chi connectivity index (χ0v) is 17.5. The van der Waals surface area contributed by atoms with Crippen molar-refractivity contribution < 1.29 is 9.59 Å². The third-order valence-corrected chi connectivity index (χ3v) is 6.60. The van der Waals surface area contributed by atoms with Crippen LogP contribution in [0.1, 0.15) is 12.0 Å². The SMILES string of the molecule is C=C(CC1(Sc2ccccc2)C(=O)N(C)c2ccccc21)C(=O)Nc1ccccc1. The number of hydrogen-bond donors (Lipinski definition) is 1. The summed E-state index contributed by atoms with van der Waals surface area (Å²) in [6, 6.07) is 26.8. The third-order valence-electron chi connectivity index (χ3n) is 5.20. The lowest BCUT2D eigenvalue weighted by atomic mass is 9.92. The quantitative estimate of drug-likeness (QED) is 0.562. The lowest BCUT2D eigenvalue weighted by Gasteiger charge is -2.28. The molecule has 1 N–H and O–H groups in total. The summed E-state index contributed by atoms with van der Waals surface area (Å²) in [6.07, 6.45) is 0.214. The molecule has 1 unspecified atom stereocenters. The van der Waals surface area contributed by atoms with Crippen LogP contribution in [0.3, 0.4) is 0 Å². The smallest absolute Gasteiger partial charge is 0.251 e. The number of rotatable bonds is 6. The molecule has 1 atom stereocenters. The molecule has 0 fully saturated rings. The fourth-order valence-corrected chi connectivity index (χ4v) is 5.17. The summed E-state index contributed by atoms with van der Waals surface area (Å²) in [5.41, 5.74) is 2.83. The van der Waals surface area contributed by atoms with Crippen LogP contribution >= 0.6 is 11.8 Å². The predicted molar refractivity (Wildman–Crippen MR) is 123 cm³/mol. The van der Waals surface area contributed by atoms with E-state index >= 15 is 0 Å². The molecule has 0 bridgehead atoms. The molecule has 3 aromatic carbocycles. The van der Waals surface area contributed by atoms with E-state index in [4.69, 9.17) is 0 Å². The van der Waals surface area contributed by atoms with Crippen molar-refractivity contribution in [1.29, 1.82) is 0 Å². The molecule has 1 heterocycles. The third kappa shape index (κ3) is 3.64. The van der Waals surface area contributed by atoms with Gasteiger partial charge in [0.15, 0.2) is 0 Å². The normalized spacial score (nSPS) is 17.5. The first-order valence-corrected chi connectivity index (χ1v) is 10.5. The second kappa shape index (κ2) is 8.20. The number of amides is 2. The molecule has 5 heteroatoms. The highest BCUT2D eigenvalue weighted by atomic mass is 32.2. The van der Waals surface area contributed by atoms with Crippen LogP contribution in [0.4, 0.5) is 11.4 Å². The summed E-state index contributed by atoms with van der Waals surface area (Å²) in [5.74, 6) is -0.333. The summed E-state index contributed by atoms with van der Waals surface area (Å²) in [7, 11) is 1.78. The Morgan fingerprint density at radius 2 is 1.57 bits per heavy atom. The van der Waals surface area contributed by atoms with Gasteiger partial charge in [-0.25, -0.2) is 0 Å². The molecule has 0 saturated heterocycles. The number of fused-ring (bicyclic) bond motifs is 1. The maximum atomic E-state index is 13.5. The molecule has 0 aliphatic carbocycles. The fourth-order valence-electron chi connectivity index (χ4n) is 3.72. The van der Waals surface area contributed by atoms with Crippen LogP contribution in [0, 0.1) is 0 Å². The van der Waals surface area contributed by atoms with Crippen molar-refractivity contribution in [2.24, 2.45) is 0 Å². The molecule has 0 saturated carbocycles. The van der Waals surface area contributed by atoms with Crippen LogP contribution in [0.5, 0.6) is 0 Å². The maximum Gasteiger partial charge on any atom is 0.251 e. The van der Waals surface area contributed by atoms with Crippen molar-refractivity contribution in [2.45, 2.75) is 16.1 Å². The molecule has 0 radical (unpaired) electrons. The zero-order chi connectivity index (χ0) is 21.1. The van der Waals surface area contributed by atoms with E-state index in [0.717, 1.165) is 16.1 Å². The largest absolute Gasteiger partial charge is 0.322 e. The number of thioether (sulfide) groups is 1. The minimum absolute atomic E-state index is 0.0498. The van der Waals surface area contributed by atoms with Crippen molar-refractivity contribution in [1.82, 2.24) is 0 Å². The number of likely N-dealkylation sites (N-methyl/N-ethyl adjacent to an activating group) is 1. The second-order valence-electron chi connectivity index (χ2n) is 7.22. The first-order valence-electron chi connectivity index (χ1n) is 9.67. The number of benzene rings is 3. The molecule has 4 nitrogen and oxygen atoms in total. The summed E-state index contributed by atoms with van der Waals surface area (Å²) in [6.45, 7) is 4.04. The summed E-state index contributed by atoms with van der Waals surface area (Å²) >= 11 is 1.47. The van der Waals surface area contributed by atoms with Crippen molar-refractivity contribution >= 4 is 35.0 Å². The average Bonchev–Trinajstić information content (AvgIpc) is 2.97. The molecule has 3 aromatic rings. The van der Waals surface area contributed by atoms with E-state index in [1.54, 1.807) is 11.9 Å². The number of nitrogens with zero attached hydrogens (tertiary/aromatic N) is 1. The van der Waals surface area contributed by atoms with Gasteiger partial charge in [-0.2, -0.15) is 0 Å². The molecule has 2 amide bonds. The van der Waals surface area contributed by atoms with Gasteiger partial charge in [0, 0.05) is 40.9 Å². The Balaban J connectivity index is 1.69. The monoisotopic (exact) mass is 414 g/mol. The first kappa shape index (κ1) is 20.0. The Morgan fingerprint density at radius 1 is 0.967 bits per heavy atom. The van der Waals surface area contributed by atoms with Crippen LogP contribution in [0.2, 0.25) is 0 Å². The summed E-state index contributed by atoms with van der Waals surface area (Å²) in [5, 5.41) is 2.87. The molecule has 1 aliphatic heterocycles. The van der Waals surface area contributed by atoms with Crippen LogP contribution < -0.4 is 10.2 Å². The van der Waals surface area contributed by atoms with Gasteiger partial charge in [0.1, 0.15) is 4.75 Å². The Bertz CT molecular complexity index is 1100. The lowest BCUT2D eigenvalue weighted by molar-refractivity contribution is -0.120. The van der Waals surface area contributed by atoms with Gasteiger partial charge >= 0.3 is 0 Å². The number of hydrogen-bond acceptors (Lipinski definition) is 3. The van der Waals surface area contributed by atoms with Crippen molar-refractivity contribution in [3.05, 3.63) is 103 Å². The van der Waals surface area contributed by atoms with Crippen LogP contribution in [0.15, 0.2) is 102 Å². The molecule has 30 heavy (non-hydrogen) atoms. The standard InChI is InChI=1S/C25H22N2O2S/c1-18(23(28)26-19-11-5-3-6-12-19)17-25(30-20-13-7-4-8-14-20)21-15-9-10-16-22(21)27(2)24(25)29/h3-16H,1,17H2,2H3,(H,26,28). The van der Waals surface area contributed by atoms with E-state index in [-0.39, 0.29) is 18.2 Å². The summed E-state index contributed by atoms with van der Waals surface area (Å²) in [4.78, 5) is 29.0. The molecule has 0 aromatic heterocycles. The van der Waals surface area contributed by atoms with E-state index in [1.807, 2.05) is 84.9 Å². The highest BCUT2D eigenvalue weighted by molar-refractivity contribution is 8.01. The first-order chi connectivity index (χ1) is 14.5. The number of anilines is 2. The van der Waals surface area contributed by atoms with E-state index in [0.29, 0.717) is 11.3 Å². The minimum Gasteiger partial charge on any atom is -0.322 e. The Hall–Kier alpha value is -3.31. The topological polar surface area (TPSA) is 49.4 Å². The van der Waals surface area contributed by atoms with E-state index < -0.39 is 4.75 Å². The number of nitrogens with one attached hydrogen (secondary N) is 1. The maximum absolute atomic E-state index is 13.5. The van der Waals surface area contributed by atoms with Gasteiger partial charge in [0.2, 0.25) is 5.91 Å². The average molecular weight is 415 g/mol. The van der Waals surface area contributed by atoms with Crippen molar-refractivity contribution in [3.63, 3.8) is 0 Å². The van der Waals surface area contributed by atoms with Gasteiger partial charge in [0.25, 0.3) is 5.91 Å². The lowest BCUT2D eigenvalue weighted by Crippen LogP contribution is -2.37. The molecule has 150 valence electrons. The minimum atomic E-state index is -0.947. The van der Waals surface area contributed by atoms with E-state index in [2.05, 4.69) is 11.9 Å². The van der Waals surface area contributed by atoms with Gasteiger partial charge < -0.3 is 10.2 Å². The van der Waals surface area contributed by atoms with Gasteiger partial charge in [-0.05, 0) is 30.3 Å². The highest BCUT2D eigenvalue weighted by Gasteiger charge is 2.51. The van der Waals surface area contributed by atoms with E-state index in [1.165, 1.54) is 11.8 Å². The number of carbonyl (C=O) groups excluding carboxylic acids is 2. The Morgan fingerprint density at radius 3 is 2.27 bits per heavy atom. The van der Waals surface area contributed by atoms with E-state index in [9.17, 15) is 9.59 Å². The van der Waals surface area contributed by atoms with Crippen LogP contribution in [-0.4, -0.2) is 18.9 Å². The van der Waals surface area contributed by atoms with Crippen molar-refractivity contribution in [2.75, 3.05) is 17.3 Å². The molecular weight excluding hydrogens is 392 g/mol. The van der Waals surface area contributed by atoms with Gasteiger partial charge in [-0.3, -0.25) is 9.59 Å². The molecule has 1 aliphatic rings. The predicted octanol–water partition coefficient (Wildman–Crippen LogP) is 5.24. The fraction of sp³-hybridized carbons (Fsp3) is 0.120. The van der Waals surface area contributed by atoms with Gasteiger partial charge in [-0.15, -0.1) is 11.8 Å². The number of carbonyl (C=O) groups is 2. The van der Waals surface area contributed by atoms with Crippen molar-refractivity contribution in [3.8, 4) is 0 Å². The Labute approximate surface area is 180 Å².